The highest BCUT2D eigenvalue weighted by atomic mass is 19.1. The zero-order chi connectivity index (χ0) is 14.5. The van der Waals surface area contributed by atoms with Gasteiger partial charge in [0.1, 0.15) is 11.6 Å². The summed E-state index contributed by atoms with van der Waals surface area (Å²) in [5.41, 5.74) is 0.705. The van der Waals surface area contributed by atoms with Crippen LogP contribution in [0, 0.1) is 11.7 Å². The van der Waals surface area contributed by atoms with Gasteiger partial charge in [0.2, 0.25) is 0 Å². The molecule has 1 N–H and O–H groups in total. The van der Waals surface area contributed by atoms with E-state index in [4.69, 9.17) is 4.74 Å². The SMILES string of the molecule is CCN1CCC(CNC(C)c2ccc(OC)cc2F)C1. The van der Waals surface area contributed by atoms with Crippen LogP contribution in [0.5, 0.6) is 5.75 Å². The van der Waals surface area contributed by atoms with E-state index in [1.807, 2.05) is 13.0 Å². The Hall–Kier alpha value is -1.13. The van der Waals surface area contributed by atoms with Crippen LogP contribution in [0.2, 0.25) is 0 Å². The second-order valence-corrected chi connectivity index (χ2v) is 5.57. The highest BCUT2D eigenvalue weighted by Gasteiger charge is 2.21. The maximum atomic E-state index is 14.0. The molecular weight excluding hydrogens is 255 g/mol. The molecule has 112 valence electrons. The summed E-state index contributed by atoms with van der Waals surface area (Å²) in [5.74, 6) is 1.04. The molecule has 1 aliphatic heterocycles. The van der Waals surface area contributed by atoms with Crippen LogP contribution >= 0.6 is 0 Å². The van der Waals surface area contributed by atoms with Gasteiger partial charge in [-0.3, -0.25) is 0 Å². The Morgan fingerprint density at radius 3 is 2.90 bits per heavy atom. The van der Waals surface area contributed by atoms with Gasteiger partial charge in [0.05, 0.1) is 7.11 Å². The van der Waals surface area contributed by atoms with Crippen molar-refractivity contribution in [1.82, 2.24) is 10.2 Å². The molecule has 1 aliphatic rings. The van der Waals surface area contributed by atoms with Crippen LogP contribution in [-0.2, 0) is 0 Å². The summed E-state index contributed by atoms with van der Waals surface area (Å²) < 4.78 is 19.0. The Kier molecular flexibility index (Phi) is 5.38. The van der Waals surface area contributed by atoms with Gasteiger partial charge >= 0.3 is 0 Å². The Balaban J connectivity index is 1.87. The van der Waals surface area contributed by atoms with Crippen LogP contribution in [-0.4, -0.2) is 38.2 Å². The third-order valence-corrected chi connectivity index (χ3v) is 4.20. The maximum Gasteiger partial charge on any atom is 0.131 e. The number of methoxy groups -OCH3 is 1. The molecule has 2 unspecified atom stereocenters. The first kappa shape index (κ1) is 15.3. The van der Waals surface area contributed by atoms with Gasteiger partial charge in [-0.15, -0.1) is 0 Å². The van der Waals surface area contributed by atoms with Gasteiger partial charge in [0.25, 0.3) is 0 Å². The van der Waals surface area contributed by atoms with Crippen LogP contribution in [0.15, 0.2) is 18.2 Å². The van der Waals surface area contributed by atoms with E-state index in [1.165, 1.54) is 19.0 Å². The fourth-order valence-electron chi connectivity index (χ4n) is 2.81. The minimum absolute atomic E-state index is 0.0246. The zero-order valence-electron chi connectivity index (χ0n) is 12.7. The second kappa shape index (κ2) is 7.04. The van der Waals surface area contributed by atoms with Crippen molar-refractivity contribution in [3.8, 4) is 5.75 Å². The van der Waals surface area contributed by atoms with Crippen molar-refractivity contribution in [2.75, 3.05) is 33.3 Å². The molecule has 0 spiro atoms. The summed E-state index contributed by atoms with van der Waals surface area (Å²) >= 11 is 0. The standard InChI is InChI=1S/C16H25FN2O/c1-4-19-8-7-13(11-19)10-18-12(2)15-6-5-14(20-3)9-16(15)17/h5-6,9,12-13,18H,4,7-8,10-11H2,1-3H3. The van der Waals surface area contributed by atoms with Gasteiger partial charge in [0, 0.05) is 24.2 Å². The highest BCUT2D eigenvalue weighted by molar-refractivity contribution is 5.30. The summed E-state index contributed by atoms with van der Waals surface area (Å²) in [6.07, 6.45) is 1.23. The molecule has 3 nitrogen and oxygen atoms in total. The zero-order valence-corrected chi connectivity index (χ0v) is 12.7. The smallest absolute Gasteiger partial charge is 0.131 e. The van der Waals surface area contributed by atoms with Gasteiger partial charge < -0.3 is 15.0 Å². The van der Waals surface area contributed by atoms with Crippen molar-refractivity contribution in [1.29, 1.82) is 0 Å². The number of nitrogens with one attached hydrogen (secondary N) is 1. The molecule has 0 aliphatic carbocycles. The van der Waals surface area contributed by atoms with Crippen molar-refractivity contribution in [2.45, 2.75) is 26.3 Å². The van der Waals surface area contributed by atoms with Gasteiger partial charge in [-0.1, -0.05) is 13.0 Å². The van der Waals surface area contributed by atoms with Crippen molar-refractivity contribution in [2.24, 2.45) is 5.92 Å². The number of ether oxygens (including phenoxy) is 1. The van der Waals surface area contributed by atoms with Gasteiger partial charge in [0.15, 0.2) is 0 Å². The summed E-state index contributed by atoms with van der Waals surface area (Å²) in [6.45, 7) is 8.63. The molecule has 0 radical (unpaired) electrons. The molecule has 1 saturated heterocycles. The third kappa shape index (κ3) is 3.70. The van der Waals surface area contributed by atoms with Crippen LogP contribution in [0.4, 0.5) is 4.39 Å². The number of rotatable bonds is 6. The lowest BCUT2D eigenvalue weighted by molar-refractivity contribution is 0.335. The Labute approximate surface area is 121 Å². The predicted molar refractivity (Wildman–Crippen MR) is 79.6 cm³/mol. The van der Waals surface area contributed by atoms with E-state index >= 15 is 0 Å². The van der Waals surface area contributed by atoms with E-state index in [-0.39, 0.29) is 11.9 Å². The number of hydrogen-bond donors (Lipinski definition) is 1. The molecule has 2 rings (SSSR count). The lowest BCUT2D eigenvalue weighted by Gasteiger charge is -2.19. The first-order chi connectivity index (χ1) is 9.63. The maximum absolute atomic E-state index is 14.0. The summed E-state index contributed by atoms with van der Waals surface area (Å²) in [6, 6.07) is 5.09. The van der Waals surface area contributed by atoms with Gasteiger partial charge in [-0.25, -0.2) is 4.39 Å². The minimum atomic E-state index is -0.203. The largest absolute Gasteiger partial charge is 0.497 e. The van der Waals surface area contributed by atoms with Gasteiger partial charge in [-0.2, -0.15) is 0 Å². The van der Waals surface area contributed by atoms with Gasteiger partial charge in [-0.05, 0) is 45.0 Å². The van der Waals surface area contributed by atoms with E-state index in [2.05, 4.69) is 17.1 Å². The van der Waals surface area contributed by atoms with Crippen molar-refractivity contribution in [3.63, 3.8) is 0 Å². The molecule has 0 bridgehead atoms. The molecule has 20 heavy (non-hydrogen) atoms. The van der Waals surface area contributed by atoms with Crippen molar-refractivity contribution in [3.05, 3.63) is 29.6 Å². The molecule has 0 amide bonds. The van der Waals surface area contributed by atoms with E-state index in [0.29, 0.717) is 17.2 Å². The number of halogens is 1. The summed E-state index contributed by atoms with van der Waals surface area (Å²) in [7, 11) is 1.55. The van der Waals surface area contributed by atoms with Crippen LogP contribution < -0.4 is 10.1 Å². The average molecular weight is 280 g/mol. The minimum Gasteiger partial charge on any atom is -0.497 e. The van der Waals surface area contributed by atoms with E-state index in [9.17, 15) is 4.39 Å². The molecular formula is C16H25FN2O. The van der Waals surface area contributed by atoms with Crippen molar-refractivity contribution >= 4 is 0 Å². The average Bonchev–Trinajstić information content (AvgIpc) is 2.92. The summed E-state index contributed by atoms with van der Waals surface area (Å²) in [5, 5.41) is 3.46. The normalized spacial score (nSPS) is 21.1. The predicted octanol–water partition coefficient (Wildman–Crippen LogP) is 2.83. The van der Waals surface area contributed by atoms with Crippen molar-refractivity contribution < 1.29 is 9.13 Å². The lowest BCUT2D eigenvalue weighted by Crippen LogP contribution is -2.28. The molecule has 2 atom stereocenters. The Morgan fingerprint density at radius 2 is 2.30 bits per heavy atom. The quantitative estimate of drug-likeness (QED) is 0.867. The monoisotopic (exact) mass is 280 g/mol. The van der Waals surface area contributed by atoms with E-state index in [0.717, 1.165) is 19.6 Å². The number of hydrogen-bond acceptors (Lipinski definition) is 3. The van der Waals surface area contributed by atoms with Crippen LogP contribution in [0.3, 0.4) is 0 Å². The number of likely N-dealkylation sites (tertiary alicyclic amines) is 1. The molecule has 0 aromatic heterocycles. The number of benzene rings is 1. The first-order valence-electron chi connectivity index (χ1n) is 7.43. The Morgan fingerprint density at radius 1 is 1.50 bits per heavy atom. The summed E-state index contributed by atoms with van der Waals surface area (Å²) in [4.78, 5) is 2.46. The number of nitrogens with zero attached hydrogens (tertiary/aromatic N) is 1. The fraction of sp³-hybridized carbons (Fsp3) is 0.625. The molecule has 1 fully saturated rings. The first-order valence-corrected chi connectivity index (χ1v) is 7.43. The molecule has 4 heteroatoms. The van der Waals surface area contributed by atoms with E-state index < -0.39 is 0 Å². The van der Waals surface area contributed by atoms with Crippen LogP contribution in [0.25, 0.3) is 0 Å². The fourth-order valence-corrected chi connectivity index (χ4v) is 2.81. The molecule has 0 saturated carbocycles. The topological polar surface area (TPSA) is 24.5 Å². The van der Waals surface area contributed by atoms with E-state index in [1.54, 1.807) is 13.2 Å². The third-order valence-electron chi connectivity index (χ3n) is 4.20. The second-order valence-electron chi connectivity index (χ2n) is 5.57. The lowest BCUT2D eigenvalue weighted by atomic mass is 10.1. The van der Waals surface area contributed by atoms with Crippen LogP contribution in [0.1, 0.15) is 31.9 Å². The molecule has 1 heterocycles. The molecule has 1 aromatic rings. The molecule has 1 aromatic carbocycles. The highest BCUT2D eigenvalue weighted by Crippen LogP contribution is 2.22. The Bertz CT molecular complexity index is 438.